The Balaban J connectivity index is 0.00000280. The molecule has 3 rings (SSSR count). The van der Waals surface area contributed by atoms with E-state index in [9.17, 15) is 9.59 Å². The summed E-state index contributed by atoms with van der Waals surface area (Å²) in [7, 11) is 0. The van der Waals surface area contributed by atoms with Gasteiger partial charge in [0.25, 0.3) is 5.91 Å². The lowest BCUT2D eigenvalue weighted by Crippen LogP contribution is -2.41. The molecule has 1 atom stereocenters. The number of para-hydroxylation sites is 1. The highest BCUT2D eigenvalue weighted by atomic mass is 35.5. The van der Waals surface area contributed by atoms with Crippen LogP contribution in [0.15, 0.2) is 48.5 Å². The predicted molar refractivity (Wildman–Crippen MR) is 113 cm³/mol. The Morgan fingerprint density at radius 1 is 1.14 bits per heavy atom. The zero-order valence-corrected chi connectivity index (χ0v) is 16.6. The van der Waals surface area contributed by atoms with Crippen LogP contribution in [-0.4, -0.2) is 34.6 Å². The Labute approximate surface area is 169 Å². The maximum Gasteiger partial charge on any atom is 0.273 e. The van der Waals surface area contributed by atoms with Crippen molar-refractivity contribution >= 4 is 40.8 Å². The Kier molecular flexibility index (Phi) is 7.54. The van der Waals surface area contributed by atoms with E-state index >= 15 is 0 Å². The van der Waals surface area contributed by atoms with Gasteiger partial charge in [-0.25, -0.2) is 0 Å². The van der Waals surface area contributed by atoms with E-state index in [-0.39, 0.29) is 24.0 Å². The van der Waals surface area contributed by atoms with Gasteiger partial charge in [-0.05, 0) is 37.2 Å². The third-order valence-corrected chi connectivity index (χ3v) is 4.20. The first-order chi connectivity index (χ1) is 13.1. The molecular formula is C20H24ClN5O2. The summed E-state index contributed by atoms with van der Waals surface area (Å²) in [6.07, 6.45) is 0. The van der Waals surface area contributed by atoms with Crippen molar-refractivity contribution in [3.8, 4) is 0 Å². The molecule has 2 amide bonds. The number of nitrogens with zero attached hydrogens (tertiary/aromatic N) is 1. The van der Waals surface area contributed by atoms with Crippen molar-refractivity contribution in [2.75, 3.05) is 11.9 Å². The van der Waals surface area contributed by atoms with Gasteiger partial charge in [-0.15, -0.1) is 12.4 Å². The number of benzene rings is 2. The minimum absolute atomic E-state index is 0. The van der Waals surface area contributed by atoms with E-state index in [1.807, 2.05) is 55.5 Å². The molecule has 0 saturated heterocycles. The second kappa shape index (κ2) is 9.87. The topological polar surface area (TPSA) is 98.9 Å². The average molecular weight is 402 g/mol. The monoisotopic (exact) mass is 401 g/mol. The average Bonchev–Trinajstić information content (AvgIpc) is 3.11. The third kappa shape index (κ3) is 5.09. The molecular weight excluding hydrogens is 378 g/mol. The number of carbonyl (C=O) groups excluding carboxylic acids is 2. The van der Waals surface area contributed by atoms with Crippen LogP contribution in [0.1, 0.15) is 29.9 Å². The number of hydrogen-bond donors (Lipinski definition) is 4. The van der Waals surface area contributed by atoms with Crippen LogP contribution < -0.4 is 16.0 Å². The van der Waals surface area contributed by atoms with Crippen molar-refractivity contribution in [3.05, 3.63) is 59.8 Å². The number of H-pyrrole nitrogens is 1. The Bertz CT molecular complexity index is 956. The van der Waals surface area contributed by atoms with Crippen molar-refractivity contribution in [1.82, 2.24) is 20.8 Å². The molecule has 1 aromatic heterocycles. The maximum atomic E-state index is 12.5. The van der Waals surface area contributed by atoms with Gasteiger partial charge in [-0.2, -0.15) is 5.10 Å². The summed E-state index contributed by atoms with van der Waals surface area (Å²) < 4.78 is 0. The molecule has 8 heteroatoms. The van der Waals surface area contributed by atoms with Crippen molar-refractivity contribution in [2.45, 2.75) is 26.4 Å². The van der Waals surface area contributed by atoms with E-state index < -0.39 is 11.9 Å². The van der Waals surface area contributed by atoms with E-state index in [1.165, 1.54) is 0 Å². The van der Waals surface area contributed by atoms with Crippen molar-refractivity contribution in [3.63, 3.8) is 0 Å². The summed E-state index contributed by atoms with van der Waals surface area (Å²) in [5.74, 6) is -0.681. The summed E-state index contributed by atoms with van der Waals surface area (Å²) in [5, 5.41) is 16.4. The highest BCUT2D eigenvalue weighted by Gasteiger charge is 2.20. The summed E-state index contributed by atoms with van der Waals surface area (Å²) >= 11 is 0. The number of carbonyl (C=O) groups is 2. The molecule has 2 aromatic carbocycles. The van der Waals surface area contributed by atoms with Crippen LogP contribution in [0.25, 0.3) is 10.9 Å². The fourth-order valence-electron chi connectivity index (χ4n) is 2.75. The number of rotatable bonds is 7. The maximum absolute atomic E-state index is 12.5. The smallest absolute Gasteiger partial charge is 0.273 e. The number of halogens is 1. The highest BCUT2D eigenvalue weighted by molar-refractivity contribution is 6.06. The zero-order valence-electron chi connectivity index (χ0n) is 15.8. The minimum atomic E-state index is -0.703. The van der Waals surface area contributed by atoms with Crippen LogP contribution in [-0.2, 0) is 11.3 Å². The minimum Gasteiger partial charge on any atom is -0.339 e. The molecule has 1 heterocycles. The Hall–Kier alpha value is -2.90. The molecule has 1 unspecified atom stereocenters. The molecule has 0 aliphatic heterocycles. The number of fused-ring (bicyclic) bond motifs is 1. The molecule has 0 fully saturated rings. The molecule has 0 aliphatic carbocycles. The molecule has 3 aromatic rings. The predicted octanol–water partition coefficient (Wildman–Crippen LogP) is 2.85. The third-order valence-electron chi connectivity index (χ3n) is 4.20. The fourth-order valence-corrected chi connectivity index (χ4v) is 2.75. The fraction of sp³-hybridized carbons (Fsp3) is 0.250. The van der Waals surface area contributed by atoms with Gasteiger partial charge in [-0.3, -0.25) is 14.7 Å². The van der Waals surface area contributed by atoms with E-state index in [0.29, 0.717) is 5.69 Å². The lowest BCUT2D eigenvalue weighted by Gasteiger charge is -2.14. The summed E-state index contributed by atoms with van der Waals surface area (Å²) in [4.78, 5) is 24.9. The van der Waals surface area contributed by atoms with E-state index in [4.69, 9.17) is 0 Å². The molecule has 7 nitrogen and oxygen atoms in total. The SMILES string of the molecule is CCNCc1cccc(NC(=O)C(C)NC(=O)c2n[nH]c3ccccc23)c1.Cl. The molecule has 0 bridgehead atoms. The number of nitrogens with one attached hydrogen (secondary N) is 4. The Morgan fingerprint density at radius 3 is 2.71 bits per heavy atom. The van der Waals surface area contributed by atoms with E-state index in [2.05, 4.69) is 26.1 Å². The summed E-state index contributed by atoms with van der Waals surface area (Å²) in [6.45, 7) is 5.30. The van der Waals surface area contributed by atoms with E-state index in [0.717, 1.165) is 29.6 Å². The summed E-state index contributed by atoms with van der Waals surface area (Å²) in [6, 6.07) is 14.3. The van der Waals surface area contributed by atoms with Crippen LogP contribution in [0.3, 0.4) is 0 Å². The number of aromatic amines is 1. The number of aromatic nitrogens is 2. The van der Waals surface area contributed by atoms with Crippen molar-refractivity contribution in [1.29, 1.82) is 0 Å². The standard InChI is InChI=1S/C20H23N5O2.ClH/c1-3-21-12-14-7-6-8-15(11-14)23-19(26)13(2)22-20(27)18-16-9-4-5-10-17(16)24-25-18;/h4-11,13,21H,3,12H2,1-2H3,(H,22,27)(H,23,26)(H,24,25);1H. The first-order valence-electron chi connectivity index (χ1n) is 8.93. The lowest BCUT2D eigenvalue weighted by molar-refractivity contribution is -0.117. The normalized spacial score (nSPS) is 11.5. The quantitative estimate of drug-likeness (QED) is 0.489. The van der Waals surface area contributed by atoms with Gasteiger partial charge < -0.3 is 16.0 Å². The first-order valence-corrected chi connectivity index (χ1v) is 8.93. The van der Waals surface area contributed by atoms with Crippen LogP contribution in [0.2, 0.25) is 0 Å². The van der Waals surface area contributed by atoms with Crippen LogP contribution in [0.4, 0.5) is 5.69 Å². The molecule has 148 valence electrons. The first kappa shape index (κ1) is 21.4. The van der Waals surface area contributed by atoms with E-state index in [1.54, 1.807) is 6.92 Å². The number of amides is 2. The zero-order chi connectivity index (χ0) is 19.2. The molecule has 28 heavy (non-hydrogen) atoms. The van der Waals surface area contributed by atoms with Gasteiger partial charge in [0.05, 0.1) is 5.52 Å². The van der Waals surface area contributed by atoms with Gasteiger partial charge >= 0.3 is 0 Å². The molecule has 0 radical (unpaired) electrons. The second-order valence-corrected chi connectivity index (χ2v) is 6.28. The van der Waals surface area contributed by atoms with Crippen LogP contribution >= 0.6 is 12.4 Å². The molecule has 4 N–H and O–H groups in total. The van der Waals surface area contributed by atoms with Crippen molar-refractivity contribution in [2.24, 2.45) is 0 Å². The number of anilines is 1. The summed E-state index contributed by atoms with van der Waals surface area (Å²) in [5.41, 5.74) is 2.83. The largest absolute Gasteiger partial charge is 0.339 e. The number of hydrogen-bond acceptors (Lipinski definition) is 4. The van der Waals surface area contributed by atoms with Gasteiger partial charge in [0.15, 0.2) is 5.69 Å². The lowest BCUT2D eigenvalue weighted by atomic mass is 10.2. The molecule has 0 spiro atoms. The van der Waals surface area contributed by atoms with Gasteiger partial charge in [0.1, 0.15) is 6.04 Å². The molecule has 0 saturated carbocycles. The van der Waals surface area contributed by atoms with Gasteiger partial charge in [0.2, 0.25) is 5.91 Å². The van der Waals surface area contributed by atoms with Crippen LogP contribution in [0.5, 0.6) is 0 Å². The highest BCUT2D eigenvalue weighted by Crippen LogP contribution is 2.15. The van der Waals surface area contributed by atoms with Crippen LogP contribution in [0, 0.1) is 0 Å². The molecule has 0 aliphatic rings. The second-order valence-electron chi connectivity index (χ2n) is 6.28. The Morgan fingerprint density at radius 2 is 1.93 bits per heavy atom. The van der Waals surface area contributed by atoms with Crippen molar-refractivity contribution < 1.29 is 9.59 Å². The van der Waals surface area contributed by atoms with Gasteiger partial charge in [0, 0.05) is 17.6 Å². The van der Waals surface area contributed by atoms with Gasteiger partial charge in [-0.1, -0.05) is 37.3 Å².